The van der Waals surface area contributed by atoms with Crippen LogP contribution in [-0.4, -0.2) is 70.4 Å². The molecule has 2 fully saturated rings. The molecule has 2 amide bonds. The van der Waals surface area contributed by atoms with Gasteiger partial charge in [-0.2, -0.15) is 4.99 Å². The first kappa shape index (κ1) is 22.9. The van der Waals surface area contributed by atoms with Crippen molar-refractivity contribution in [1.29, 1.82) is 0 Å². The number of carbonyl (C=O) groups excluding carboxylic acids is 1. The van der Waals surface area contributed by atoms with Crippen molar-refractivity contribution in [2.45, 2.75) is 63.1 Å². The second-order valence-electron chi connectivity index (χ2n) is 9.92. The summed E-state index contributed by atoms with van der Waals surface area (Å²) < 4.78 is 14.2. The fraction of sp³-hybridized carbons (Fsp3) is 0.500. The van der Waals surface area contributed by atoms with Crippen LogP contribution in [-0.2, 0) is 0 Å². The van der Waals surface area contributed by atoms with Crippen molar-refractivity contribution in [3.8, 4) is 11.8 Å². The summed E-state index contributed by atoms with van der Waals surface area (Å²) >= 11 is 0. The number of amides is 2. The van der Waals surface area contributed by atoms with Crippen LogP contribution in [0.2, 0.25) is 0 Å². The minimum Gasteiger partial charge on any atom is -0.357 e. The molecule has 5 nitrogen and oxygen atoms in total. The molecule has 1 aromatic rings. The first-order valence-electron chi connectivity index (χ1n) is 12.4. The maximum Gasteiger partial charge on any atom is 0.346 e. The Morgan fingerprint density at radius 3 is 2.79 bits per heavy atom. The molecule has 0 aromatic heterocycles. The van der Waals surface area contributed by atoms with Crippen molar-refractivity contribution in [3.05, 3.63) is 60.0 Å². The molecule has 6 heteroatoms. The number of carbonyl (C=O) groups is 1. The summed E-state index contributed by atoms with van der Waals surface area (Å²) in [6.07, 6.45) is 8.15. The minimum absolute atomic E-state index is 0.225. The normalized spacial score (nSPS) is 31.5. The molecule has 3 aliphatic heterocycles. The number of rotatable bonds is 3. The highest BCUT2D eigenvalue weighted by Gasteiger charge is 2.56. The van der Waals surface area contributed by atoms with E-state index in [4.69, 9.17) is 0 Å². The van der Waals surface area contributed by atoms with E-state index in [-0.39, 0.29) is 23.9 Å². The third-order valence-electron chi connectivity index (χ3n) is 7.91. The summed E-state index contributed by atoms with van der Waals surface area (Å²) in [6.45, 7) is 7.39. The Hall–Kier alpha value is -2.91. The Kier molecular flexibility index (Phi) is 6.31. The van der Waals surface area contributed by atoms with Crippen molar-refractivity contribution in [2.24, 2.45) is 4.99 Å². The molecular formula is C28H33FN4O. The molecule has 2 saturated heterocycles. The number of piperidine rings is 1. The van der Waals surface area contributed by atoms with Crippen LogP contribution in [0.1, 0.15) is 51.0 Å². The number of benzene rings is 1. The van der Waals surface area contributed by atoms with Gasteiger partial charge in [0.15, 0.2) is 0 Å². The number of nitrogens with zero attached hydrogens (tertiary/aromatic N) is 4. The smallest absolute Gasteiger partial charge is 0.346 e. The number of halogens is 1. The predicted octanol–water partition coefficient (Wildman–Crippen LogP) is 4.74. The van der Waals surface area contributed by atoms with Gasteiger partial charge in [0.25, 0.3) is 0 Å². The van der Waals surface area contributed by atoms with E-state index < -0.39 is 5.54 Å². The highest BCUT2D eigenvalue weighted by Crippen LogP contribution is 2.43. The highest BCUT2D eigenvalue weighted by molar-refractivity contribution is 6.07. The van der Waals surface area contributed by atoms with Gasteiger partial charge in [-0.3, -0.25) is 4.90 Å². The SMILES string of the molecule is CC#CCN1CC[C@@]2(C[C@@H]1C)C(N1CCC(c3ccccc3)C1)=NC(=O)N2C1C=C(F)C=CC1. The van der Waals surface area contributed by atoms with E-state index in [9.17, 15) is 9.18 Å². The van der Waals surface area contributed by atoms with E-state index in [1.165, 1.54) is 11.6 Å². The summed E-state index contributed by atoms with van der Waals surface area (Å²) in [5, 5.41) is 0. The van der Waals surface area contributed by atoms with Crippen molar-refractivity contribution in [2.75, 3.05) is 26.2 Å². The molecule has 0 radical (unpaired) electrons. The molecule has 0 N–H and O–H groups in total. The zero-order chi connectivity index (χ0) is 23.7. The first-order valence-corrected chi connectivity index (χ1v) is 12.4. The number of hydrogen-bond donors (Lipinski definition) is 0. The van der Waals surface area contributed by atoms with Crippen LogP contribution in [0.4, 0.5) is 9.18 Å². The minimum atomic E-state index is -0.509. The summed E-state index contributed by atoms with van der Waals surface area (Å²) in [4.78, 5) is 24.7. The maximum absolute atomic E-state index is 14.2. The number of hydrogen-bond acceptors (Lipinski definition) is 3. The standard InChI is InChI=1S/C28H33FN4O/c1-3-4-15-31-17-14-28(19-21(31)2)26(30-27(34)33(28)25-12-8-11-24(29)18-25)32-16-13-23(20-32)22-9-6-5-7-10-22/h5-11,18,21,23,25H,12-17,19-20H2,1-2H3/t21-,23?,25?,28+/m0/s1. The van der Waals surface area contributed by atoms with Crippen LogP contribution < -0.4 is 0 Å². The van der Waals surface area contributed by atoms with Crippen molar-refractivity contribution in [3.63, 3.8) is 0 Å². The molecule has 3 heterocycles. The van der Waals surface area contributed by atoms with Crippen LogP contribution >= 0.6 is 0 Å². The molecule has 1 aromatic carbocycles. The van der Waals surface area contributed by atoms with E-state index in [0.717, 1.165) is 51.3 Å². The molecule has 5 rings (SSSR count). The predicted molar refractivity (Wildman–Crippen MR) is 133 cm³/mol. The van der Waals surface area contributed by atoms with Crippen LogP contribution in [0.3, 0.4) is 0 Å². The van der Waals surface area contributed by atoms with E-state index >= 15 is 0 Å². The monoisotopic (exact) mass is 460 g/mol. The zero-order valence-corrected chi connectivity index (χ0v) is 20.1. The number of amidine groups is 1. The van der Waals surface area contributed by atoms with Crippen molar-refractivity contribution < 1.29 is 9.18 Å². The maximum atomic E-state index is 14.2. The van der Waals surface area contributed by atoms with Gasteiger partial charge in [-0.05, 0) is 57.2 Å². The molecular weight excluding hydrogens is 427 g/mol. The molecule has 0 bridgehead atoms. The Bertz CT molecular complexity index is 1080. The lowest BCUT2D eigenvalue weighted by Crippen LogP contribution is -2.64. The zero-order valence-electron chi connectivity index (χ0n) is 20.1. The molecule has 34 heavy (non-hydrogen) atoms. The lowest BCUT2D eigenvalue weighted by Gasteiger charge is -2.51. The van der Waals surface area contributed by atoms with Crippen molar-refractivity contribution >= 4 is 11.9 Å². The van der Waals surface area contributed by atoms with Gasteiger partial charge in [-0.1, -0.05) is 42.3 Å². The Morgan fingerprint density at radius 1 is 1.24 bits per heavy atom. The van der Waals surface area contributed by atoms with E-state index in [0.29, 0.717) is 12.3 Å². The van der Waals surface area contributed by atoms with Crippen LogP contribution in [0.25, 0.3) is 0 Å². The van der Waals surface area contributed by atoms with Gasteiger partial charge >= 0.3 is 6.03 Å². The van der Waals surface area contributed by atoms with E-state index in [2.05, 4.69) is 57.8 Å². The topological polar surface area (TPSA) is 39.1 Å². The van der Waals surface area contributed by atoms with E-state index in [1.54, 1.807) is 6.08 Å². The van der Waals surface area contributed by atoms with Gasteiger partial charge in [0.05, 0.1) is 12.6 Å². The summed E-state index contributed by atoms with van der Waals surface area (Å²) in [5.41, 5.74) is 0.828. The van der Waals surface area contributed by atoms with Gasteiger partial charge in [0.2, 0.25) is 0 Å². The third-order valence-corrected chi connectivity index (χ3v) is 7.91. The molecule has 4 aliphatic rings. The summed E-state index contributed by atoms with van der Waals surface area (Å²) in [5.74, 6) is 7.24. The van der Waals surface area contributed by atoms with Crippen LogP contribution in [0.5, 0.6) is 0 Å². The summed E-state index contributed by atoms with van der Waals surface area (Å²) in [7, 11) is 0. The second kappa shape index (κ2) is 9.38. The molecule has 1 aliphatic carbocycles. The average molecular weight is 461 g/mol. The van der Waals surface area contributed by atoms with Gasteiger partial charge < -0.3 is 9.80 Å². The Labute approximate surface area is 202 Å². The van der Waals surface area contributed by atoms with Gasteiger partial charge in [-0.15, -0.1) is 5.92 Å². The molecule has 4 atom stereocenters. The fourth-order valence-corrected chi connectivity index (χ4v) is 6.23. The number of likely N-dealkylation sites (tertiary alicyclic amines) is 2. The number of allylic oxidation sites excluding steroid dienone is 2. The third kappa shape index (κ3) is 4.07. The fourth-order valence-electron chi connectivity index (χ4n) is 6.23. The highest BCUT2D eigenvalue weighted by atomic mass is 19.1. The Balaban J connectivity index is 1.46. The Morgan fingerprint density at radius 2 is 2.06 bits per heavy atom. The number of aliphatic imine (C=N–C) groups is 1. The van der Waals surface area contributed by atoms with Crippen LogP contribution in [0.15, 0.2) is 59.4 Å². The van der Waals surface area contributed by atoms with Gasteiger partial charge in [0, 0.05) is 31.6 Å². The molecule has 0 saturated carbocycles. The molecule has 178 valence electrons. The molecule has 1 spiro atoms. The summed E-state index contributed by atoms with van der Waals surface area (Å²) in [6, 6.07) is 10.3. The van der Waals surface area contributed by atoms with Crippen molar-refractivity contribution in [1.82, 2.24) is 14.7 Å². The quantitative estimate of drug-likeness (QED) is 0.612. The van der Waals surface area contributed by atoms with Gasteiger partial charge in [0.1, 0.15) is 17.2 Å². The average Bonchev–Trinajstić information content (AvgIpc) is 3.42. The first-order chi connectivity index (χ1) is 16.5. The lowest BCUT2D eigenvalue weighted by atomic mass is 9.79. The van der Waals surface area contributed by atoms with E-state index in [1.807, 2.05) is 24.0 Å². The van der Waals surface area contributed by atoms with Gasteiger partial charge in [-0.25, -0.2) is 9.18 Å². The molecule has 2 unspecified atom stereocenters. The number of urea groups is 1. The lowest BCUT2D eigenvalue weighted by molar-refractivity contribution is 0.0565. The largest absolute Gasteiger partial charge is 0.357 e. The second-order valence-corrected chi connectivity index (χ2v) is 9.92. The van der Waals surface area contributed by atoms with Crippen LogP contribution in [0, 0.1) is 11.8 Å².